The van der Waals surface area contributed by atoms with E-state index >= 15 is 0 Å². The van der Waals surface area contributed by atoms with E-state index in [4.69, 9.17) is 5.11 Å². The van der Waals surface area contributed by atoms with Gasteiger partial charge in [-0.05, 0) is 6.92 Å². The Hall–Kier alpha value is -0.990. The van der Waals surface area contributed by atoms with Gasteiger partial charge in [-0.15, -0.1) is 0 Å². The molecular weight excluding hydrogens is 174 g/mol. The molecule has 0 saturated heterocycles. The molecule has 3 N–H and O–H groups in total. The first-order valence-corrected chi connectivity index (χ1v) is 3.60. The highest BCUT2D eigenvalue weighted by atomic mass is 32.2. The molecule has 2 amide bonds. The monoisotopic (exact) mass is 181 g/mol. The molecule has 0 aromatic heterocycles. The van der Waals surface area contributed by atoms with Gasteiger partial charge in [0.1, 0.15) is 6.23 Å². The number of carbonyl (C=O) groups excluding carboxylic acids is 1. The van der Waals surface area contributed by atoms with Crippen molar-refractivity contribution in [2.45, 2.75) is 13.2 Å². The number of nitrogens with one attached hydrogen (secondary N) is 2. The van der Waals surface area contributed by atoms with Crippen molar-refractivity contribution >= 4 is 16.5 Å². The zero-order valence-electron chi connectivity index (χ0n) is 5.60. The quantitative estimate of drug-likeness (QED) is 0.358. The fourth-order valence-electron chi connectivity index (χ4n) is 0.257. The maximum atomic E-state index is 10.3. The summed E-state index contributed by atoms with van der Waals surface area (Å²) in [5, 5.41) is 8.51. The van der Waals surface area contributed by atoms with Gasteiger partial charge in [-0.1, -0.05) is 4.36 Å². The Kier molecular flexibility index (Phi) is 4.34. The first kappa shape index (κ1) is 10.0. The second kappa shape index (κ2) is 4.77. The third-order valence-corrected chi connectivity index (χ3v) is 0.860. The molecule has 0 radical (unpaired) electrons. The normalized spacial score (nSPS) is 11.8. The van der Waals surface area contributed by atoms with Crippen LogP contribution in [0, 0.1) is 0 Å². The van der Waals surface area contributed by atoms with Gasteiger partial charge in [-0.25, -0.2) is 10.2 Å². The number of hydrazine groups is 1. The molecule has 1 unspecified atom stereocenters. The van der Waals surface area contributed by atoms with E-state index in [0.29, 0.717) is 0 Å². The minimum Gasteiger partial charge on any atom is -0.377 e. The standard InChI is InChI=1S/C3H7N3O4S/c1-2(7)4-5-3(8)6-11(9)10/h2,4,7H,1H3,(H,5,8). The number of hydrogen-bond donors (Lipinski definition) is 3. The Morgan fingerprint density at radius 3 is 2.55 bits per heavy atom. The summed E-state index contributed by atoms with van der Waals surface area (Å²) in [4.78, 5) is 10.3. The number of carbonyl (C=O) groups is 1. The molecule has 0 rings (SSSR count). The SMILES string of the molecule is CC(O)NNC(=O)N=S(=O)=O. The Labute approximate surface area is 64.1 Å². The second-order valence-electron chi connectivity index (χ2n) is 1.56. The molecule has 0 aliphatic carbocycles. The molecule has 8 heteroatoms. The number of nitrogens with zero attached hydrogens (tertiary/aromatic N) is 1. The van der Waals surface area contributed by atoms with E-state index in [0.717, 1.165) is 0 Å². The molecular formula is C3H7N3O4S. The van der Waals surface area contributed by atoms with Crippen molar-refractivity contribution < 1.29 is 18.3 Å². The van der Waals surface area contributed by atoms with Crippen LogP contribution in [0.25, 0.3) is 0 Å². The summed E-state index contributed by atoms with van der Waals surface area (Å²) in [5.74, 6) is 0. The van der Waals surface area contributed by atoms with E-state index in [-0.39, 0.29) is 0 Å². The van der Waals surface area contributed by atoms with Crippen LogP contribution in [0.2, 0.25) is 0 Å². The molecule has 0 heterocycles. The number of aliphatic hydroxyl groups is 1. The van der Waals surface area contributed by atoms with Crippen molar-refractivity contribution in [2.75, 3.05) is 0 Å². The molecule has 1 atom stereocenters. The lowest BCUT2D eigenvalue weighted by molar-refractivity contribution is 0.140. The highest BCUT2D eigenvalue weighted by molar-refractivity contribution is 7.62. The van der Waals surface area contributed by atoms with Gasteiger partial charge in [-0.2, -0.15) is 8.42 Å². The maximum absolute atomic E-state index is 10.3. The Morgan fingerprint density at radius 2 is 2.18 bits per heavy atom. The van der Waals surface area contributed by atoms with Crippen LogP contribution in [-0.2, 0) is 10.5 Å². The summed E-state index contributed by atoms with van der Waals surface area (Å²) >= 11 is 0. The minimum atomic E-state index is -2.77. The summed E-state index contributed by atoms with van der Waals surface area (Å²) in [6.07, 6.45) is -0.964. The average molecular weight is 181 g/mol. The number of rotatable bonds is 2. The molecule has 0 saturated carbocycles. The lowest BCUT2D eigenvalue weighted by atomic mass is 10.7. The van der Waals surface area contributed by atoms with Gasteiger partial charge >= 0.3 is 16.5 Å². The fourth-order valence-corrected chi connectivity index (χ4v) is 0.438. The highest BCUT2D eigenvalue weighted by Gasteiger charge is 1.98. The summed E-state index contributed by atoms with van der Waals surface area (Å²) in [5.41, 5.74) is 3.85. The number of hydrogen-bond acceptors (Lipinski definition) is 5. The van der Waals surface area contributed by atoms with Gasteiger partial charge < -0.3 is 5.11 Å². The van der Waals surface area contributed by atoms with Gasteiger partial charge in [0.25, 0.3) is 0 Å². The van der Waals surface area contributed by atoms with Crippen molar-refractivity contribution in [2.24, 2.45) is 4.36 Å². The average Bonchev–Trinajstić information content (AvgIpc) is 1.82. The lowest BCUT2D eigenvalue weighted by Gasteiger charge is -2.04. The third-order valence-electron chi connectivity index (χ3n) is 0.545. The van der Waals surface area contributed by atoms with Gasteiger partial charge in [0.05, 0.1) is 0 Å². The molecule has 0 bridgehead atoms. The summed E-state index contributed by atoms with van der Waals surface area (Å²) in [6, 6.07) is -1.08. The zero-order chi connectivity index (χ0) is 8.85. The van der Waals surface area contributed by atoms with Gasteiger partial charge in [-0.3, -0.25) is 5.43 Å². The summed E-state index contributed by atoms with van der Waals surface area (Å²) < 4.78 is 22.0. The minimum absolute atomic E-state index is 0.964. The molecule has 0 aliphatic heterocycles. The Balaban J connectivity index is 3.81. The first-order valence-electron chi connectivity index (χ1n) is 2.57. The van der Waals surface area contributed by atoms with Crippen LogP contribution >= 0.6 is 0 Å². The molecule has 0 aliphatic rings. The molecule has 64 valence electrons. The summed E-state index contributed by atoms with van der Waals surface area (Å²) in [6.45, 7) is 1.34. The van der Waals surface area contributed by atoms with Gasteiger partial charge in [0, 0.05) is 0 Å². The maximum Gasteiger partial charge on any atom is 0.370 e. The molecule has 7 nitrogen and oxygen atoms in total. The van der Waals surface area contributed by atoms with E-state index in [1.165, 1.54) is 6.92 Å². The van der Waals surface area contributed by atoms with Crippen molar-refractivity contribution in [1.29, 1.82) is 0 Å². The molecule has 11 heavy (non-hydrogen) atoms. The molecule has 0 spiro atoms. The lowest BCUT2D eigenvalue weighted by Crippen LogP contribution is -2.41. The summed E-state index contributed by atoms with van der Waals surface area (Å²) in [7, 11) is -2.77. The van der Waals surface area contributed by atoms with Gasteiger partial charge in [0.2, 0.25) is 0 Å². The molecule has 0 aromatic rings. The van der Waals surface area contributed by atoms with Crippen LogP contribution in [0.15, 0.2) is 4.36 Å². The van der Waals surface area contributed by atoms with Crippen molar-refractivity contribution in [3.63, 3.8) is 0 Å². The molecule has 0 fully saturated rings. The number of amides is 2. The van der Waals surface area contributed by atoms with E-state index in [9.17, 15) is 13.2 Å². The largest absolute Gasteiger partial charge is 0.377 e. The van der Waals surface area contributed by atoms with E-state index < -0.39 is 22.8 Å². The number of urea groups is 1. The topological polar surface area (TPSA) is 108 Å². The van der Waals surface area contributed by atoms with Gasteiger partial charge in [0.15, 0.2) is 0 Å². The van der Waals surface area contributed by atoms with Crippen molar-refractivity contribution in [3.8, 4) is 0 Å². The second-order valence-corrected chi connectivity index (χ2v) is 2.18. The highest BCUT2D eigenvalue weighted by Crippen LogP contribution is 1.71. The van der Waals surface area contributed by atoms with E-state index in [1.807, 2.05) is 10.9 Å². The first-order chi connectivity index (χ1) is 5.02. The third kappa shape index (κ3) is 6.90. The van der Waals surface area contributed by atoms with Crippen LogP contribution in [0.1, 0.15) is 6.92 Å². The van der Waals surface area contributed by atoms with Crippen molar-refractivity contribution in [1.82, 2.24) is 10.9 Å². The van der Waals surface area contributed by atoms with Crippen LogP contribution < -0.4 is 10.9 Å². The molecule has 0 aromatic carbocycles. The zero-order valence-corrected chi connectivity index (χ0v) is 6.42. The fraction of sp³-hybridized carbons (Fsp3) is 0.667. The number of aliphatic hydroxyl groups excluding tert-OH is 1. The van der Waals surface area contributed by atoms with Crippen molar-refractivity contribution in [3.05, 3.63) is 0 Å². The van der Waals surface area contributed by atoms with Crippen LogP contribution in [0.5, 0.6) is 0 Å². The smallest absolute Gasteiger partial charge is 0.370 e. The predicted molar refractivity (Wildman–Crippen MR) is 34.7 cm³/mol. The van der Waals surface area contributed by atoms with Crippen LogP contribution in [0.3, 0.4) is 0 Å². The predicted octanol–water partition coefficient (Wildman–Crippen LogP) is -1.40. The Morgan fingerprint density at radius 1 is 1.64 bits per heavy atom. The van der Waals surface area contributed by atoms with Crippen LogP contribution in [-0.4, -0.2) is 25.8 Å². The van der Waals surface area contributed by atoms with E-state index in [1.54, 1.807) is 0 Å². The van der Waals surface area contributed by atoms with Crippen LogP contribution in [0.4, 0.5) is 4.79 Å². The Bertz CT molecular complexity index is 248. The van der Waals surface area contributed by atoms with E-state index in [2.05, 4.69) is 4.36 Å².